The number of amides is 3. The highest BCUT2D eigenvalue weighted by atomic mass is 16.2. The van der Waals surface area contributed by atoms with E-state index in [0.29, 0.717) is 11.6 Å². The second-order valence-electron chi connectivity index (χ2n) is 6.57. The molecule has 2 aromatic carbocycles. The molecule has 0 aromatic heterocycles. The van der Waals surface area contributed by atoms with E-state index in [-0.39, 0.29) is 24.0 Å². The van der Waals surface area contributed by atoms with Crippen LogP contribution in [-0.2, 0) is 4.79 Å². The standard InChI is InChI=1S/C18H16N2O2/c21-17-16-13-6-8-14(10-13)19(16)18(22)20(17)15-7-5-11-3-1-2-4-12(11)9-15/h1-5,7,9,13-14,16H,6,8,10H2/t13-,14+,16+/m1/s1. The summed E-state index contributed by atoms with van der Waals surface area (Å²) in [6, 6.07) is 13.7. The molecule has 0 N–H and O–H groups in total. The summed E-state index contributed by atoms with van der Waals surface area (Å²) in [6.45, 7) is 0. The lowest BCUT2D eigenvalue weighted by Gasteiger charge is -2.25. The topological polar surface area (TPSA) is 40.6 Å². The van der Waals surface area contributed by atoms with E-state index in [0.717, 1.165) is 30.0 Å². The maximum absolute atomic E-state index is 12.8. The predicted octanol–water partition coefficient (Wildman–Crippen LogP) is 3.16. The van der Waals surface area contributed by atoms with Gasteiger partial charge in [-0.25, -0.2) is 9.69 Å². The molecule has 4 nitrogen and oxygen atoms in total. The molecule has 2 heterocycles. The van der Waals surface area contributed by atoms with Crippen molar-refractivity contribution in [3.63, 3.8) is 0 Å². The van der Waals surface area contributed by atoms with Crippen molar-refractivity contribution in [3.05, 3.63) is 42.5 Å². The van der Waals surface area contributed by atoms with Gasteiger partial charge in [-0.3, -0.25) is 4.79 Å². The van der Waals surface area contributed by atoms with E-state index in [2.05, 4.69) is 0 Å². The number of anilines is 1. The molecule has 2 bridgehead atoms. The first-order valence-electron chi connectivity index (χ1n) is 7.89. The zero-order valence-electron chi connectivity index (χ0n) is 12.1. The Hall–Kier alpha value is -2.36. The minimum Gasteiger partial charge on any atom is -0.309 e. The Labute approximate surface area is 128 Å². The summed E-state index contributed by atoms with van der Waals surface area (Å²) in [7, 11) is 0. The van der Waals surface area contributed by atoms with Gasteiger partial charge in [0.2, 0.25) is 0 Å². The molecular weight excluding hydrogens is 276 g/mol. The fraction of sp³-hybridized carbons (Fsp3) is 0.333. The van der Waals surface area contributed by atoms with Crippen LogP contribution in [0.25, 0.3) is 10.8 Å². The number of nitrogens with zero attached hydrogens (tertiary/aromatic N) is 2. The summed E-state index contributed by atoms with van der Waals surface area (Å²) in [6.07, 6.45) is 3.13. The maximum atomic E-state index is 12.8. The van der Waals surface area contributed by atoms with Crippen LogP contribution in [0.2, 0.25) is 0 Å². The average Bonchev–Trinajstić information content (AvgIpc) is 3.21. The Bertz CT molecular complexity index is 788. The molecule has 22 heavy (non-hydrogen) atoms. The number of urea groups is 1. The smallest absolute Gasteiger partial charge is 0.309 e. The average molecular weight is 292 g/mol. The number of rotatable bonds is 1. The monoisotopic (exact) mass is 292 g/mol. The van der Waals surface area contributed by atoms with Gasteiger partial charge in [0.15, 0.2) is 0 Å². The predicted molar refractivity (Wildman–Crippen MR) is 83.6 cm³/mol. The quantitative estimate of drug-likeness (QED) is 0.758. The molecule has 4 heteroatoms. The first-order valence-corrected chi connectivity index (χ1v) is 7.89. The highest BCUT2D eigenvalue weighted by molar-refractivity contribution is 6.22. The van der Waals surface area contributed by atoms with Crippen LogP contribution < -0.4 is 4.90 Å². The minimum absolute atomic E-state index is 0.0347. The van der Waals surface area contributed by atoms with E-state index in [4.69, 9.17) is 0 Å². The number of benzene rings is 2. The summed E-state index contributed by atoms with van der Waals surface area (Å²) < 4.78 is 0. The van der Waals surface area contributed by atoms with Gasteiger partial charge in [-0.2, -0.15) is 0 Å². The van der Waals surface area contributed by atoms with Crippen LogP contribution in [0.15, 0.2) is 42.5 Å². The van der Waals surface area contributed by atoms with Crippen molar-refractivity contribution in [2.24, 2.45) is 5.92 Å². The van der Waals surface area contributed by atoms with E-state index in [1.807, 2.05) is 47.4 Å². The molecule has 1 aliphatic carbocycles. The number of fused-ring (bicyclic) bond motifs is 6. The lowest BCUT2D eigenvalue weighted by molar-refractivity contribution is -0.120. The SMILES string of the molecule is O=C1[C@@H]2[C@@H]3CC[C@@H](C3)N2C(=O)N1c1ccc2ccccc2c1. The van der Waals surface area contributed by atoms with Crippen LogP contribution in [-0.4, -0.2) is 28.9 Å². The van der Waals surface area contributed by atoms with E-state index >= 15 is 0 Å². The summed E-state index contributed by atoms with van der Waals surface area (Å²) in [5, 5.41) is 2.17. The molecule has 3 fully saturated rings. The third-order valence-electron chi connectivity index (χ3n) is 5.46. The lowest BCUT2D eigenvalue weighted by Crippen LogP contribution is -2.40. The van der Waals surface area contributed by atoms with Crippen molar-refractivity contribution in [2.75, 3.05) is 4.90 Å². The fourth-order valence-corrected chi connectivity index (χ4v) is 4.48. The zero-order valence-corrected chi connectivity index (χ0v) is 12.1. The van der Waals surface area contributed by atoms with Crippen LogP contribution in [0.1, 0.15) is 19.3 Å². The molecule has 5 rings (SSSR count). The molecule has 1 saturated carbocycles. The maximum Gasteiger partial charge on any atom is 0.332 e. The van der Waals surface area contributed by atoms with E-state index < -0.39 is 0 Å². The van der Waals surface area contributed by atoms with Crippen LogP contribution in [0.3, 0.4) is 0 Å². The normalized spacial score (nSPS) is 29.7. The van der Waals surface area contributed by atoms with Crippen molar-refractivity contribution < 1.29 is 9.59 Å². The number of imide groups is 1. The van der Waals surface area contributed by atoms with Gasteiger partial charge in [-0.05, 0) is 48.1 Å². The number of hydrogen-bond donors (Lipinski definition) is 0. The molecule has 2 saturated heterocycles. The molecule has 2 aromatic rings. The molecule has 0 radical (unpaired) electrons. The largest absolute Gasteiger partial charge is 0.332 e. The van der Waals surface area contributed by atoms with Gasteiger partial charge in [-0.1, -0.05) is 30.3 Å². The van der Waals surface area contributed by atoms with Gasteiger partial charge in [0.1, 0.15) is 6.04 Å². The Balaban J connectivity index is 1.59. The molecule has 110 valence electrons. The summed E-state index contributed by atoms with van der Waals surface area (Å²) in [4.78, 5) is 28.8. The van der Waals surface area contributed by atoms with Crippen LogP contribution >= 0.6 is 0 Å². The second kappa shape index (κ2) is 4.09. The Morgan fingerprint density at radius 2 is 1.77 bits per heavy atom. The highest BCUT2D eigenvalue weighted by Crippen LogP contribution is 2.47. The van der Waals surface area contributed by atoms with Crippen molar-refractivity contribution in [1.29, 1.82) is 0 Å². The van der Waals surface area contributed by atoms with Gasteiger partial charge in [0, 0.05) is 6.04 Å². The first-order chi connectivity index (χ1) is 10.7. The summed E-state index contributed by atoms with van der Waals surface area (Å²) >= 11 is 0. The highest BCUT2D eigenvalue weighted by Gasteiger charge is 2.59. The Kier molecular flexibility index (Phi) is 2.27. The van der Waals surface area contributed by atoms with E-state index in [1.54, 1.807) is 0 Å². The van der Waals surface area contributed by atoms with Crippen LogP contribution in [0.4, 0.5) is 10.5 Å². The number of carbonyl (C=O) groups is 2. The fourth-order valence-electron chi connectivity index (χ4n) is 4.48. The van der Waals surface area contributed by atoms with Gasteiger partial charge in [0.25, 0.3) is 5.91 Å². The number of piperidine rings is 1. The van der Waals surface area contributed by atoms with Crippen molar-refractivity contribution in [1.82, 2.24) is 4.90 Å². The molecule has 3 aliphatic rings. The third kappa shape index (κ3) is 1.42. The van der Waals surface area contributed by atoms with Gasteiger partial charge >= 0.3 is 6.03 Å². The molecule has 3 amide bonds. The van der Waals surface area contributed by atoms with E-state index in [1.165, 1.54) is 4.90 Å². The Morgan fingerprint density at radius 1 is 0.955 bits per heavy atom. The third-order valence-corrected chi connectivity index (χ3v) is 5.46. The number of hydrogen-bond acceptors (Lipinski definition) is 2. The minimum atomic E-state index is -0.210. The molecule has 2 aliphatic heterocycles. The van der Waals surface area contributed by atoms with Crippen LogP contribution in [0, 0.1) is 5.92 Å². The van der Waals surface area contributed by atoms with E-state index in [9.17, 15) is 9.59 Å². The molecule has 0 unspecified atom stereocenters. The summed E-state index contributed by atoms with van der Waals surface area (Å²) in [5.41, 5.74) is 0.697. The van der Waals surface area contributed by atoms with Crippen molar-refractivity contribution in [3.8, 4) is 0 Å². The molecular formula is C18H16N2O2. The van der Waals surface area contributed by atoms with Gasteiger partial charge < -0.3 is 4.90 Å². The molecule has 3 atom stereocenters. The molecule has 0 spiro atoms. The van der Waals surface area contributed by atoms with Gasteiger partial charge in [-0.15, -0.1) is 0 Å². The van der Waals surface area contributed by atoms with Crippen molar-refractivity contribution in [2.45, 2.75) is 31.3 Å². The van der Waals surface area contributed by atoms with Gasteiger partial charge in [0.05, 0.1) is 5.69 Å². The number of carbonyl (C=O) groups excluding carboxylic acids is 2. The first kappa shape index (κ1) is 12.2. The van der Waals surface area contributed by atoms with Crippen molar-refractivity contribution >= 4 is 28.4 Å². The summed E-state index contributed by atoms with van der Waals surface area (Å²) in [5.74, 6) is 0.333. The zero-order chi connectivity index (χ0) is 14.8. The lowest BCUT2D eigenvalue weighted by atomic mass is 9.99. The second-order valence-corrected chi connectivity index (χ2v) is 6.57. The van der Waals surface area contributed by atoms with Crippen LogP contribution in [0.5, 0.6) is 0 Å². The Morgan fingerprint density at radius 3 is 2.59 bits per heavy atom.